The van der Waals surface area contributed by atoms with Gasteiger partial charge in [-0.3, -0.25) is 0 Å². The van der Waals surface area contributed by atoms with Crippen LogP contribution >= 0.6 is 11.8 Å². The Bertz CT molecular complexity index is 90.7. The van der Waals surface area contributed by atoms with Gasteiger partial charge in [0, 0.05) is 17.0 Å². The molecule has 0 aromatic carbocycles. The number of nitrogens with one attached hydrogen (secondary N) is 1. The lowest BCUT2D eigenvalue weighted by Gasteiger charge is -2.36. The summed E-state index contributed by atoms with van der Waals surface area (Å²) in [5.41, 5.74) is 0.505. The van der Waals surface area contributed by atoms with Crippen molar-refractivity contribution in [2.75, 3.05) is 12.3 Å². The van der Waals surface area contributed by atoms with Gasteiger partial charge in [0.15, 0.2) is 0 Å². The van der Waals surface area contributed by atoms with Gasteiger partial charge in [-0.2, -0.15) is 11.8 Å². The molecule has 0 saturated carbocycles. The summed E-state index contributed by atoms with van der Waals surface area (Å²) in [4.78, 5) is 0. The molecule has 2 saturated heterocycles. The minimum atomic E-state index is 0.505. The Balaban J connectivity index is 2.01. The van der Waals surface area contributed by atoms with Crippen LogP contribution in [0, 0.1) is 5.75 Å². The van der Waals surface area contributed by atoms with Gasteiger partial charge in [0.1, 0.15) is 0 Å². The Kier molecular flexibility index (Phi) is 1.05. The maximum atomic E-state index is 3.49. The minimum Gasteiger partial charge on any atom is -0.309 e. The van der Waals surface area contributed by atoms with Crippen LogP contribution in [0.2, 0.25) is 0 Å². The topological polar surface area (TPSA) is 12.0 Å². The summed E-state index contributed by atoms with van der Waals surface area (Å²) >= 11 is 1.95. The molecule has 1 atom stereocenters. The van der Waals surface area contributed by atoms with Gasteiger partial charge in [-0.1, -0.05) is 0 Å². The normalized spacial score (nSPS) is 33.0. The van der Waals surface area contributed by atoms with Crippen molar-refractivity contribution in [2.24, 2.45) is 0 Å². The van der Waals surface area contributed by atoms with Gasteiger partial charge in [0.25, 0.3) is 0 Å². The SMILES string of the molecule is [CH]1SCC12CCCN2. The van der Waals surface area contributed by atoms with E-state index < -0.39 is 0 Å². The van der Waals surface area contributed by atoms with Crippen molar-refractivity contribution in [3.05, 3.63) is 5.75 Å². The lowest BCUT2D eigenvalue weighted by molar-refractivity contribution is 0.495. The molecule has 0 amide bonds. The molecule has 0 aliphatic carbocycles. The molecule has 1 nitrogen and oxygen atoms in total. The summed E-state index contributed by atoms with van der Waals surface area (Å²) in [6, 6.07) is 0. The van der Waals surface area contributed by atoms with E-state index in [-0.39, 0.29) is 0 Å². The molecule has 2 rings (SSSR count). The quantitative estimate of drug-likeness (QED) is 0.522. The fraction of sp³-hybridized carbons (Fsp3) is 0.833. The lowest BCUT2D eigenvalue weighted by Crippen LogP contribution is -2.47. The number of thioether (sulfide) groups is 1. The van der Waals surface area contributed by atoms with E-state index in [1.54, 1.807) is 0 Å². The Morgan fingerprint density at radius 2 is 2.50 bits per heavy atom. The van der Waals surface area contributed by atoms with Crippen molar-refractivity contribution in [2.45, 2.75) is 18.4 Å². The van der Waals surface area contributed by atoms with Crippen LogP contribution in [-0.2, 0) is 0 Å². The third-order valence-corrected chi connectivity index (χ3v) is 3.23. The second kappa shape index (κ2) is 1.64. The van der Waals surface area contributed by atoms with Crippen LogP contribution < -0.4 is 5.32 Å². The lowest BCUT2D eigenvalue weighted by atomic mass is 10.0. The zero-order valence-corrected chi connectivity index (χ0v) is 5.63. The van der Waals surface area contributed by atoms with Crippen molar-refractivity contribution in [1.29, 1.82) is 0 Å². The molecule has 1 spiro atoms. The average Bonchev–Trinajstić information content (AvgIpc) is 2.07. The molecule has 0 aromatic heterocycles. The van der Waals surface area contributed by atoms with Gasteiger partial charge in [-0.25, -0.2) is 0 Å². The van der Waals surface area contributed by atoms with E-state index in [0.29, 0.717) is 5.54 Å². The molecule has 0 bridgehead atoms. The summed E-state index contributed by atoms with van der Waals surface area (Å²) in [6.45, 7) is 1.23. The molecule has 2 fully saturated rings. The zero-order valence-electron chi connectivity index (χ0n) is 4.81. The fourth-order valence-electron chi connectivity index (χ4n) is 1.34. The summed E-state index contributed by atoms with van der Waals surface area (Å²) in [7, 11) is 0. The van der Waals surface area contributed by atoms with E-state index in [1.807, 2.05) is 11.8 Å². The molecule has 2 aliphatic rings. The largest absolute Gasteiger partial charge is 0.309 e. The van der Waals surface area contributed by atoms with Crippen molar-refractivity contribution in [1.82, 2.24) is 5.32 Å². The first-order chi connectivity index (χ1) is 3.91. The first-order valence-electron chi connectivity index (χ1n) is 3.12. The first kappa shape index (κ1) is 5.12. The number of rotatable bonds is 0. The Labute approximate surface area is 54.2 Å². The van der Waals surface area contributed by atoms with Crippen LogP contribution in [-0.4, -0.2) is 17.8 Å². The summed E-state index contributed by atoms with van der Waals surface area (Å²) in [5, 5.41) is 3.49. The van der Waals surface area contributed by atoms with Crippen LogP contribution in [0.4, 0.5) is 0 Å². The van der Waals surface area contributed by atoms with Crippen molar-refractivity contribution < 1.29 is 0 Å². The Morgan fingerprint density at radius 1 is 1.62 bits per heavy atom. The Morgan fingerprint density at radius 3 is 2.75 bits per heavy atom. The molecule has 45 valence electrons. The van der Waals surface area contributed by atoms with Crippen molar-refractivity contribution in [3.63, 3.8) is 0 Å². The number of hydrogen-bond acceptors (Lipinski definition) is 2. The van der Waals surface area contributed by atoms with Gasteiger partial charge < -0.3 is 5.32 Å². The molecule has 1 N–H and O–H groups in total. The first-order valence-corrected chi connectivity index (χ1v) is 4.17. The van der Waals surface area contributed by atoms with E-state index in [2.05, 4.69) is 11.1 Å². The number of hydrogen-bond donors (Lipinski definition) is 1. The average molecular weight is 128 g/mol. The molecule has 2 heteroatoms. The molecule has 2 aliphatic heterocycles. The maximum absolute atomic E-state index is 3.49. The Hall–Kier alpha value is 0.310. The van der Waals surface area contributed by atoms with Gasteiger partial charge in [-0.05, 0) is 19.4 Å². The van der Waals surface area contributed by atoms with E-state index >= 15 is 0 Å². The second-order valence-corrected chi connectivity index (χ2v) is 3.47. The molecule has 2 heterocycles. The predicted molar refractivity (Wildman–Crippen MR) is 36.7 cm³/mol. The van der Waals surface area contributed by atoms with Gasteiger partial charge in [-0.15, -0.1) is 0 Å². The highest BCUT2D eigenvalue weighted by Crippen LogP contribution is 2.40. The highest BCUT2D eigenvalue weighted by Gasteiger charge is 2.39. The van der Waals surface area contributed by atoms with E-state index in [4.69, 9.17) is 0 Å². The third kappa shape index (κ3) is 0.594. The zero-order chi connectivity index (χ0) is 5.45. The van der Waals surface area contributed by atoms with E-state index in [9.17, 15) is 0 Å². The third-order valence-electron chi connectivity index (χ3n) is 1.93. The highest BCUT2D eigenvalue weighted by molar-refractivity contribution is 8.03. The van der Waals surface area contributed by atoms with Crippen molar-refractivity contribution in [3.8, 4) is 0 Å². The van der Waals surface area contributed by atoms with E-state index in [1.165, 1.54) is 25.1 Å². The molecular formula is C6H10NS. The van der Waals surface area contributed by atoms with E-state index in [0.717, 1.165) is 0 Å². The summed E-state index contributed by atoms with van der Waals surface area (Å²) in [5.74, 6) is 3.66. The summed E-state index contributed by atoms with van der Waals surface area (Å²) < 4.78 is 0. The minimum absolute atomic E-state index is 0.505. The molecular weight excluding hydrogens is 118 g/mol. The second-order valence-electron chi connectivity index (χ2n) is 2.62. The summed E-state index contributed by atoms with van der Waals surface area (Å²) in [6.07, 6.45) is 2.75. The van der Waals surface area contributed by atoms with Crippen molar-refractivity contribution >= 4 is 11.8 Å². The molecule has 1 radical (unpaired) electrons. The predicted octanol–water partition coefficient (Wildman–Crippen LogP) is 1.02. The molecule has 0 aromatic rings. The standard InChI is InChI=1S/C6H10NS/c1-2-6(7-3-1)4-8-5-6/h4,7H,1-3,5H2. The van der Waals surface area contributed by atoms with Gasteiger partial charge in [0.2, 0.25) is 0 Å². The molecule has 8 heavy (non-hydrogen) atoms. The highest BCUT2D eigenvalue weighted by atomic mass is 32.2. The van der Waals surface area contributed by atoms with Crippen LogP contribution in [0.5, 0.6) is 0 Å². The van der Waals surface area contributed by atoms with Gasteiger partial charge >= 0.3 is 0 Å². The molecule has 1 unspecified atom stereocenters. The monoisotopic (exact) mass is 128 g/mol. The van der Waals surface area contributed by atoms with Crippen LogP contribution in [0.25, 0.3) is 0 Å². The van der Waals surface area contributed by atoms with Crippen LogP contribution in [0.15, 0.2) is 0 Å². The van der Waals surface area contributed by atoms with Crippen LogP contribution in [0.3, 0.4) is 0 Å². The smallest absolute Gasteiger partial charge is 0.0403 e. The van der Waals surface area contributed by atoms with Crippen LogP contribution in [0.1, 0.15) is 12.8 Å². The fourth-order valence-corrected chi connectivity index (χ4v) is 2.35. The maximum Gasteiger partial charge on any atom is 0.0403 e. The van der Waals surface area contributed by atoms with Gasteiger partial charge in [0.05, 0.1) is 0 Å².